The highest BCUT2D eigenvalue weighted by Gasteiger charge is 2.29. The van der Waals surface area contributed by atoms with Gasteiger partial charge in [0.2, 0.25) is 10.0 Å². The standard InChI is InChI=1S/C17H25N3O6S2/c21-17(18-11-14-5-10-27(22,23)13-14)19-12-15-3-1-2-4-16(15)28(24,25)20-6-8-26-9-7-20/h1-4,14H,5-13H2,(H2,18,19,21). The zero-order valence-corrected chi connectivity index (χ0v) is 17.1. The zero-order chi connectivity index (χ0) is 20.2. The van der Waals surface area contributed by atoms with Crippen LogP contribution in [0, 0.1) is 5.92 Å². The summed E-state index contributed by atoms with van der Waals surface area (Å²) >= 11 is 0. The van der Waals surface area contributed by atoms with Gasteiger partial charge in [-0.3, -0.25) is 0 Å². The summed E-state index contributed by atoms with van der Waals surface area (Å²) in [5, 5.41) is 5.32. The van der Waals surface area contributed by atoms with Crippen molar-refractivity contribution in [3.63, 3.8) is 0 Å². The summed E-state index contributed by atoms with van der Waals surface area (Å²) in [5.41, 5.74) is 0.493. The summed E-state index contributed by atoms with van der Waals surface area (Å²) in [6.07, 6.45) is 0.545. The van der Waals surface area contributed by atoms with E-state index in [0.29, 0.717) is 38.3 Å². The van der Waals surface area contributed by atoms with Crippen molar-refractivity contribution in [1.29, 1.82) is 0 Å². The minimum Gasteiger partial charge on any atom is -0.379 e. The quantitative estimate of drug-likeness (QED) is 0.651. The number of carbonyl (C=O) groups excluding carboxylic acids is 1. The first-order valence-electron chi connectivity index (χ1n) is 9.16. The molecule has 2 heterocycles. The maximum Gasteiger partial charge on any atom is 0.315 e. The van der Waals surface area contributed by atoms with Crippen LogP contribution in [0.5, 0.6) is 0 Å². The lowest BCUT2D eigenvalue weighted by Crippen LogP contribution is -2.41. The molecule has 2 saturated heterocycles. The fourth-order valence-corrected chi connectivity index (χ4v) is 6.83. The number of urea groups is 1. The van der Waals surface area contributed by atoms with Crippen molar-refractivity contribution in [2.24, 2.45) is 5.92 Å². The molecule has 3 rings (SSSR count). The van der Waals surface area contributed by atoms with Crippen LogP contribution in [0.15, 0.2) is 29.2 Å². The fourth-order valence-electron chi connectivity index (χ4n) is 3.34. The van der Waals surface area contributed by atoms with Crippen molar-refractivity contribution in [2.45, 2.75) is 17.9 Å². The van der Waals surface area contributed by atoms with Gasteiger partial charge in [0.25, 0.3) is 0 Å². The maximum atomic E-state index is 12.9. The molecule has 156 valence electrons. The molecule has 2 aliphatic heterocycles. The number of rotatable bonds is 6. The van der Waals surface area contributed by atoms with Gasteiger partial charge in [-0.25, -0.2) is 21.6 Å². The first-order chi connectivity index (χ1) is 13.3. The van der Waals surface area contributed by atoms with Crippen molar-refractivity contribution >= 4 is 25.9 Å². The largest absolute Gasteiger partial charge is 0.379 e. The molecule has 2 aliphatic rings. The SMILES string of the molecule is O=C(NCc1ccccc1S(=O)(=O)N1CCOCC1)NCC1CCS(=O)(=O)C1. The van der Waals surface area contributed by atoms with Gasteiger partial charge in [0, 0.05) is 26.2 Å². The Morgan fingerprint density at radius 1 is 1.18 bits per heavy atom. The second kappa shape index (κ2) is 8.76. The van der Waals surface area contributed by atoms with Gasteiger partial charge in [-0.1, -0.05) is 18.2 Å². The van der Waals surface area contributed by atoms with Crippen LogP contribution in [0.3, 0.4) is 0 Å². The van der Waals surface area contributed by atoms with E-state index < -0.39 is 25.9 Å². The van der Waals surface area contributed by atoms with Gasteiger partial charge in [-0.2, -0.15) is 4.31 Å². The number of hydrogen-bond acceptors (Lipinski definition) is 6. The number of sulfone groups is 1. The van der Waals surface area contributed by atoms with Crippen LogP contribution in [0.25, 0.3) is 0 Å². The Kier molecular flexibility index (Phi) is 6.58. The Labute approximate surface area is 165 Å². The lowest BCUT2D eigenvalue weighted by molar-refractivity contribution is 0.0730. The molecule has 28 heavy (non-hydrogen) atoms. The minimum atomic E-state index is -3.66. The maximum absolute atomic E-state index is 12.9. The number of benzene rings is 1. The van der Waals surface area contributed by atoms with Crippen molar-refractivity contribution in [3.8, 4) is 0 Å². The van der Waals surface area contributed by atoms with E-state index in [1.54, 1.807) is 18.2 Å². The molecule has 0 bridgehead atoms. The second-order valence-corrected chi connectivity index (χ2v) is 11.1. The van der Waals surface area contributed by atoms with Crippen LogP contribution in [0.4, 0.5) is 4.79 Å². The van der Waals surface area contributed by atoms with E-state index in [4.69, 9.17) is 4.74 Å². The fraction of sp³-hybridized carbons (Fsp3) is 0.588. The van der Waals surface area contributed by atoms with Crippen LogP contribution in [0.1, 0.15) is 12.0 Å². The monoisotopic (exact) mass is 431 g/mol. The Morgan fingerprint density at radius 2 is 1.89 bits per heavy atom. The number of nitrogens with one attached hydrogen (secondary N) is 2. The van der Waals surface area contributed by atoms with Gasteiger partial charge in [0.05, 0.1) is 29.6 Å². The molecule has 1 atom stereocenters. The Hall–Kier alpha value is -1.69. The van der Waals surface area contributed by atoms with Gasteiger partial charge in [-0.15, -0.1) is 0 Å². The molecule has 9 nitrogen and oxygen atoms in total. The smallest absolute Gasteiger partial charge is 0.315 e. The van der Waals surface area contributed by atoms with E-state index in [9.17, 15) is 21.6 Å². The zero-order valence-electron chi connectivity index (χ0n) is 15.5. The molecule has 0 saturated carbocycles. The second-order valence-electron chi connectivity index (χ2n) is 6.96. The topological polar surface area (TPSA) is 122 Å². The summed E-state index contributed by atoms with van der Waals surface area (Å²) in [5.74, 6) is 0.173. The molecule has 0 spiro atoms. The molecule has 1 aromatic carbocycles. The number of amides is 2. The van der Waals surface area contributed by atoms with Gasteiger partial charge in [0.15, 0.2) is 9.84 Å². The average molecular weight is 432 g/mol. The highest BCUT2D eigenvalue weighted by Crippen LogP contribution is 2.21. The molecule has 0 aliphatic carbocycles. The lowest BCUT2D eigenvalue weighted by Gasteiger charge is -2.27. The van der Waals surface area contributed by atoms with Gasteiger partial charge in [0.1, 0.15) is 0 Å². The van der Waals surface area contributed by atoms with Crippen molar-refractivity contribution in [3.05, 3.63) is 29.8 Å². The molecule has 0 aromatic heterocycles. The highest BCUT2D eigenvalue weighted by atomic mass is 32.2. The van der Waals surface area contributed by atoms with Gasteiger partial charge < -0.3 is 15.4 Å². The predicted molar refractivity (Wildman–Crippen MR) is 103 cm³/mol. The molecule has 1 unspecified atom stereocenters. The number of hydrogen-bond donors (Lipinski definition) is 2. The minimum absolute atomic E-state index is 0.0501. The van der Waals surface area contributed by atoms with E-state index in [1.807, 2.05) is 0 Å². The van der Waals surface area contributed by atoms with Gasteiger partial charge >= 0.3 is 6.03 Å². The van der Waals surface area contributed by atoms with E-state index in [2.05, 4.69) is 10.6 Å². The molecule has 2 amide bonds. The Bertz CT molecular complexity index is 911. The van der Waals surface area contributed by atoms with Gasteiger partial charge in [-0.05, 0) is 24.0 Å². The van der Waals surface area contributed by atoms with Crippen LogP contribution in [-0.2, 0) is 31.1 Å². The summed E-state index contributed by atoms with van der Waals surface area (Å²) in [6.45, 7) is 1.65. The first-order valence-corrected chi connectivity index (χ1v) is 12.4. The first kappa shape index (κ1) is 21.0. The third-order valence-corrected chi connectivity index (χ3v) is 8.71. The van der Waals surface area contributed by atoms with Crippen LogP contribution in [0.2, 0.25) is 0 Å². The molecule has 1 aromatic rings. The van der Waals surface area contributed by atoms with Crippen LogP contribution in [-0.4, -0.2) is 71.5 Å². The summed E-state index contributed by atoms with van der Waals surface area (Å²) in [4.78, 5) is 12.2. The van der Waals surface area contributed by atoms with E-state index in [0.717, 1.165) is 0 Å². The van der Waals surface area contributed by atoms with E-state index in [-0.39, 0.29) is 35.4 Å². The summed E-state index contributed by atoms with van der Waals surface area (Å²) in [6, 6.07) is 6.11. The predicted octanol–water partition coefficient (Wildman–Crippen LogP) is -0.0586. The molecular formula is C17H25N3O6S2. The molecule has 0 radical (unpaired) electrons. The summed E-state index contributed by atoms with van der Waals surface area (Å²) in [7, 11) is -6.65. The number of nitrogens with zero attached hydrogens (tertiary/aromatic N) is 1. The molecule has 2 fully saturated rings. The van der Waals surface area contributed by atoms with Crippen molar-refractivity contribution < 1.29 is 26.4 Å². The van der Waals surface area contributed by atoms with E-state index in [1.165, 1.54) is 10.4 Å². The molecule has 2 N–H and O–H groups in total. The van der Waals surface area contributed by atoms with Crippen LogP contribution >= 0.6 is 0 Å². The number of sulfonamides is 1. The molecular weight excluding hydrogens is 406 g/mol. The number of ether oxygens (including phenoxy) is 1. The number of carbonyl (C=O) groups is 1. The Morgan fingerprint density at radius 3 is 2.57 bits per heavy atom. The lowest BCUT2D eigenvalue weighted by atomic mass is 10.1. The normalized spacial score (nSPS) is 22.6. The third-order valence-electron chi connectivity index (χ3n) is 4.88. The van der Waals surface area contributed by atoms with Crippen molar-refractivity contribution in [1.82, 2.24) is 14.9 Å². The van der Waals surface area contributed by atoms with E-state index >= 15 is 0 Å². The highest BCUT2D eigenvalue weighted by molar-refractivity contribution is 7.91. The number of morpholine rings is 1. The average Bonchev–Trinajstić information content (AvgIpc) is 3.04. The Balaban J connectivity index is 1.58. The van der Waals surface area contributed by atoms with Crippen LogP contribution < -0.4 is 10.6 Å². The molecule has 11 heteroatoms. The third kappa shape index (κ3) is 5.22. The summed E-state index contributed by atoms with van der Waals surface area (Å²) < 4.78 is 55.3. The van der Waals surface area contributed by atoms with Crippen molar-refractivity contribution in [2.75, 3.05) is 44.4 Å².